The lowest BCUT2D eigenvalue weighted by Crippen LogP contribution is -2.00. The molecule has 0 spiro atoms. The third-order valence-electron chi connectivity index (χ3n) is 3.13. The molecule has 0 aliphatic heterocycles. The number of hydrogen-bond donors (Lipinski definition) is 0. The molecule has 0 fully saturated rings. The van der Waals surface area contributed by atoms with E-state index in [0.29, 0.717) is 0 Å². The number of hydrogen-bond acceptors (Lipinski definition) is 2. The average Bonchev–Trinajstić information content (AvgIpc) is 2.45. The van der Waals surface area contributed by atoms with E-state index in [1.807, 2.05) is 31.2 Å². The molecule has 21 heavy (non-hydrogen) atoms. The highest BCUT2D eigenvalue weighted by molar-refractivity contribution is 9.10. The Hall–Kier alpha value is -0.710. The molecule has 1 unspecified atom stereocenters. The highest BCUT2D eigenvalue weighted by atomic mass is 79.9. The number of halogens is 3. The van der Waals surface area contributed by atoms with E-state index in [0.717, 1.165) is 37.1 Å². The van der Waals surface area contributed by atoms with E-state index in [4.69, 9.17) is 21.1 Å². The molecule has 0 aromatic heterocycles. The van der Waals surface area contributed by atoms with Gasteiger partial charge in [-0.05, 0) is 58.2 Å². The summed E-state index contributed by atoms with van der Waals surface area (Å²) in [5, 5.41) is -0.321. The Morgan fingerprint density at radius 2 is 1.62 bits per heavy atom. The molecular formula is C16H15Br2ClO2. The maximum absolute atomic E-state index is 6.67. The van der Waals surface area contributed by atoms with Crippen molar-refractivity contribution in [1.82, 2.24) is 0 Å². The van der Waals surface area contributed by atoms with Gasteiger partial charge in [-0.25, -0.2) is 0 Å². The molecule has 0 amide bonds. The van der Waals surface area contributed by atoms with Gasteiger partial charge >= 0.3 is 0 Å². The van der Waals surface area contributed by atoms with Crippen molar-refractivity contribution < 1.29 is 9.47 Å². The van der Waals surface area contributed by atoms with Crippen LogP contribution in [-0.2, 0) is 0 Å². The summed E-state index contributed by atoms with van der Waals surface area (Å²) in [5.41, 5.74) is 3.02. The van der Waals surface area contributed by atoms with Gasteiger partial charge in [0.15, 0.2) is 0 Å². The molecule has 0 aliphatic carbocycles. The zero-order chi connectivity index (χ0) is 15.6. The van der Waals surface area contributed by atoms with Crippen molar-refractivity contribution in [3.63, 3.8) is 0 Å². The zero-order valence-electron chi connectivity index (χ0n) is 11.9. The fourth-order valence-corrected chi connectivity index (χ4v) is 3.58. The number of aryl methyl sites for hydroxylation is 1. The summed E-state index contributed by atoms with van der Waals surface area (Å²) >= 11 is 13.6. The zero-order valence-corrected chi connectivity index (χ0v) is 15.8. The molecule has 0 saturated heterocycles. The Morgan fingerprint density at radius 1 is 0.952 bits per heavy atom. The minimum absolute atomic E-state index is 0.321. The number of methoxy groups -OCH3 is 2. The van der Waals surface area contributed by atoms with Gasteiger partial charge < -0.3 is 9.47 Å². The van der Waals surface area contributed by atoms with Crippen LogP contribution in [0.4, 0.5) is 0 Å². The van der Waals surface area contributed by atoms with E-state index in [-0.39, 0.29) is 5.38 Å². The lowest BCUT2D eigenvalue weighted by Gasteiger charge is -2.17. The first-order chi connectivity index (χ1) is 9.96. The molecule has 112 valence electrons. The van der Waals surface area contributed by atoms with Crippen molar-refractivity contribution >= 4 is 43.5 Å². The minimum Gasteiger partial charge on any atom is -0.496 e. The van der Waals surface area contributed by atoms with Crippen LogP contribution in [0.1, 0.15) is 22.1 Å². The molecule has 2 nitrogen and oxygen atoms in total. The Balaban J connectivity index is 2.53. The topological polar surface area (TPSA) is 18.5 Å². The van der Waals surface area contributed by atoms with Gasteiger partial charge in [-0.2, -0.15) is 0 Å². The maximum Gasteiger partial charge on any atom is 0.133 e. The van der Waals surface area contributed by atoms with Crippen molar-refractivity contribution in [2.45, 2.75) is 12.3 Å². The first kappa shape index (κ1) is 16.7. The third-order valence-corrected chi connectivity index (χ3v) is 4.70. The molecule has 2 aromatic rings. The lowest BCUT2D eigenvalue weighted by atomic mass is 10.0. The second-order valence-corrected chi connectivity index (χ2v) is 6.86. The second kappa shape index (κ2) is 7.03. The van der Waals surface area contributed by atoms with Gasteiger partial charge in [0.05, 0.1) is 24.1 Å². The van der Waals surface area contributed by atoms with E-state index in [1.165, 1.54) is 0 Å². The highest BCUT2D eigenvalue weighted by Gasteiger charge is 2.19. The Morgan fingerprint density at radius 3 is 2.19 bits per heavy atom. The average molecular weight is 435 g/mol. The van der Waals surface area contributed by atoms with Crippen LogP contribution in [0.3, 0.4) is 0 Å². The largest absolute Gasteiger partial charge is 0.496 e. The molecule has 0 N–H and O–H groups in total. The van der Waals surface area contributed by atoms with Gasteiger partial charge in [0.2, 0.25) is 0 Å². The lowest BCUT2D eigenvalue weighted by molar-refractivity contribution is 0.397. The third kappa shape index (κ3) is 3.74. The first-order valence-corrected chi connectivity index (χ1v) is 8.31. The number of rotatable bonds is 4. The van der Waals surface area contributed by atoms with Crippen LogP contribution >= 0.6 is 43.5 Å². The second-order valence-electron chi connectivity index (χ2n) is 4.65. The van der Waals surface area contributed by atoms with Crippen LogP contribution in [0, 0.1) is 6.92 Å². The summed E-state index contributed by atoms with van der Waals surface area (Å²) in [5.74, 6) is 1.45. The van der Waals surface area contributed by atoms with E-state index in [2.05, 4.69) is 37.9 Å². The van der Waals surface area contributed by atoms with E-state index >= 15 is 0 Å². The van der Waals surface area contributed by atoms with Gasteiger partial charge in [0.1, 0.15) is 11.5 Å². The quantitative estimate of drug-likeness (QED) is 0.561. The van der Waals surface area contributed by atoms with Crippen molar-refractivity contribution in [3.8, 4) is 11.5 Å². The monoisotopic (exact) mass is 432 g/mol. The van der Waals surface area contributed by atoms with Crippen LogP contribution in [0.25, 0.3) is 0 Å². The highest BCUT2D eigenvalue weighted by Crippen LogP contribution is 2.41. The molecule has 0 radical (unpaired) electrons. The fraction of sp³-hybridized carbons (Fsp3) is 0.250. The predicted molar refractivity (Wildman–Crippen MR) is 93.8 cm³/mol. The molecule has 0 bridgehead atoms. The van der Waals surface area contributed by atoms with Gasteiger partial charge in [-0.15, -0.1) is 11.6 Å². The van der Waals surface area contributed by atoms with Crippen molar-refractivity contribution in [2.24, 2.45) is 0 Å². The number of alkyl halides is 1. The van der Waals surface area contributed by atoms with Crippen molar-refractivity contribution in [3.05, 3.63) is 56.0 Å². The Bertz CT molecular complexity index is 639. The summed E-state index contributed by atoms with van der Waals surface area (Å²) in [7, 11) is 3.26. The Labute approximate surface area is 146 Å². The molecule has 0 saturated carbocycles. The van der Waals surface area contributed by atoms with Crippen LogP contribution in [0.15, 0.2) is 39.3 Å². The van der Waals surface area contributed by atoms with E-state index < -0.39 is 0 Å². The summed E-state index contributed by atoms with van der Waals surface area (Å²) < 4.78 is 12.6. The first-order valence-electron chi connectivity index (χ1n) is 6.29. The molecule has 1 atom stereocenters. The summed E-state index contributed by atoms with van der Waals surface area (Å²) in [6.07, 6.45) is 0. The van der Waals surface area contributed by atoms with Gasteiger partial charge in [-0.1, -0.05) is 22.0 Å². The smallest absolute Gasteiger partial charge is 0.133 e. The molecular weight excluding hydrogens is 419 g/mol. The van der Waals surface area contributed by atoms with Crippen LogP contribution in [0.5, 0.6) is 11.5 Å². The summed E-state index contributed by atoms with van der Waals surface area (Å²) in [6, 6.07) is 9.90. The molecule has 0 heterocycles. The standard InChI is InChI=1S/C16H15Br2ClO2/c1-9-4-10(6-11(17)5-9)16(19)12-7-15(21-3)13(18)8-14(12)20-2/h4-8,16H,1-3H3. The number of benzene rings is 2. The van der Waals surface area contributed by atoms with Crippen LogP contribution in [-0.4, -0.2) is 14.2 Å². The predicted octanol–water partition coefficient (Wildman–Crippen LogP) is 5.87. The van der Waals surface area contributed by atoms with Crippen molar-refractivity contribution in [2.75, 3.05) is 14.2 Å². The summed E-state index contributed by atoms with van der Waals surface area (Å²) in [6.45, 7) is 2.04. The SMILES string of the molecule is COc1cc(C(Cl)c2cc(C)cc(Br)c2)c(OC)cc1Br. The molecule has 2 rings (SSSR count). The Kier molecular flexibility index (Phi) is 5.58. The van der Waals surface area contributed by atoms with E-state index in [1.54, 1.807) is 14.2 Å². The normalized spacial score (nSPS) is 12.1. The van der Waals surface area contributed by atoms with E-state index in [9.17, 15) is 0 Å². The van der Waals surface area contributed by atoms with Gasteiger partial charge in [0, 0.05) is 10.0 Å². The minimum atomic E-state index is -0.321. The maximum atomic E-state index is 6.67. The van der Waals surface area contributed by atoms with Gasteiger partial charge in [-0.3, -0.25) is 0 Å². The molecule has 2 aromatic carbocycles. The van der Waals surface area contributed by atoms with Gasteiger partial charge in [0.25, 0.3) is 0 Å². The molecule has 5 heteroatoms. The number of ether oxygens (including phenoxy) is 2. The van der Waals surface area contributed by atoms with Crippen LogP contribution < -0.4 is 9.47 Å². The van der Waals surface area contributed by atoms with Crippen LogP contribution in [0.2, 0.25) is 0 Å². The molecule has 0 aliphatic rings. The fourth-order valence-electron chi connectivity index (χ4n) is 2.17. The summed E-state index contributed by atoms with van der Waals surface area (Å²) in [4.78, 5) is 0. The van der Waals surface area contributed by atoms with Crippen molar-refractivity contribution in [1.29, 1.82) is 0 Å².